The van der Waals surface area contributed by atoms with Crippen LogP contribution in [0.15, 0.2) is 114 Å². The summed E-state index contributed by atoms with van der Waals surface area (Å²) in [6.45, 7) is 19.3. The van der Waals surface area contributed by atoms with Crippen LogP contribution in [-0.4, -0.2) is 9.97 Å². The smallest absolute Gasteiger partial charge is 0.134 e. The molecule has 0 spiro atoms. The predicted molar refractivity (Wildman–Crippen MR) is 206 cm³/mol. The van der Waals surface area contributed by atoms with Crippen LogP contribution in [0.5, 0.6) is 0 Å². The van der Waals surface area contributed by atoms with Crippen LogP contribution in [0.3, 0.4) is 0 Å². The van der Waals surface area contributed by atoms with Gasteiger partial charge in [-0.2, -0.15) is 0 Å². The molecule has 0 saturated carbocycles. The molecule has 0 amide bonds. The zero-order chi connectivity index (χ0) is 39.3. The van der Waals surface area contributed by atoms with Crippen LogP contribution in [0.1, 0.15) is 84.5 Å². The van der Waals surface area contributed by atoms with Gasteiger partial charge in [0.2, 0.25) is 0 Å². The Morgan fingerprint density at radius 3 is 2.12 bits per heavy atom. The third kappa shape index (κ3) is 8.06. The van der Waals surface area contributed by atoms with E-state index in [0.29, 0.717) is 22.3 Å². The number of rotatable bonds is 3. The molecule has 0 N–H and O–H groups in total. The van der Waals surface area contributed by atoms with Crippen LogP contribution in [0, 0.1) is 17.9 Å². The van der Waals surface area contributed by atoms with Crippen molar-refractivity contribution < 1.29 is 34.4 Å². The number of halogens is 1. The van der Waals surface area contributed by atoms with Gasteiger partial charge in [-0.05, 0) is 63.0 Å². The number of hydrogen-bond acceptors (Lipinski definition) is 3. The van der Waals surface area contributed by atoms with Crippen LogP contribution >= 0.6 is 0 Å². The average molecular weight is 857 g/mol. The topological polar surface area (TPSA) is 38.9 Å². The Labute approximate surface area is 321 Å². The van der Waals surface area contributed by atoms with E-state index in [0.717, 1.165) is 38.7 Å². The Kier molecular flexibility index (Phi) is 9.33. The van der Waals surface area contributed by atoms with Gasteiger partial charge in [0, 0.05) is 37.9 Å². The molecule has 7 aromatic rings. The van der Waals surface area contributed by atoms with Crippen LogP contribution in [-0.2, 0) is 36.4 Å². The standard InChI is InChI=1S/C31H29FNO.C15H16N.Ir/c1-30(2,3)20-16-17-33-25(18-20)21-12-14-23(31(4,5)6)27-22-13-15-24(32)26(29(22)34-28(21)27)19-10-8-7-9-11-19;1-15(2,3)13-8-6-7-12(11-13)14-9-4-5-10-16-14;/h7-11,13-18H,1-6H3;4-6,8-11H,1-3H3;/q2*-1;/i;4D,5D,9D,10D;. The van der Waals surface area contributed by atoms with Crippen molar-refractivity contribution >= 4 is 21.9 Å². The summed E-state index contributed by atoms with van der Waals surface area (Å²) in [7, 11) is 0. The van der Waals surface area contributed by atoms with Gasteiger partial charge in [0.05, 0.1) is 16.6 Å². The number of fused-ring (bicyclic) bond motifs is 3. The quantitative estimate of drug-likeness (QED) is 0.166. The number of aromatic nitrogens is 2. The van der Waals surface area contributed by atoms with Crippen LogP contribution in [0.2, 0.25) is 0 Å². The molecule has 7 rings (SSSR count). The van der Waals surface area contributed by atoms with E-state index in [9.17, 15) is 0 Å². The largest absolute Gasteiger partial charge is 0.500 e. The van der Waals surface area contributed by atoms with Gasteiger partial charge in [-0.15, -0.1) is 53.1 Å². The fourth-order valence-electron chi connectivity index (χ4n) is 5.98. The monoisotopic (exact) mass is 857 g/mol. The minimum atomic E-state index is -0.314. The van der Waals surface area contributed by atoms with Gasteiger partial charge in [0.25, 0.3) is 0 Å². The molecule has 263 valence electrons. The third-order valence-electron chi connectivity index (χ3n) is 8.81. The van der Waals surface area contributed by atoms with Crippen LogP contribution in [0.25, 0.3) is 55.6 Å². The first-order valence-electron chi connectivity index (χ1n) is 18.9. The first-order chi connectivity index (χ1) is 25.3. The van der Waals surface area contributed by atoms with Crippen molar-refractivity contribution in [3.05, 3.63) is 144 Å². The molecule has 0 aliphatic rings. The number of pyridine rings is 2. The minimum Gasteiger partial charge on any atom is -0.500 e. The van der Waals surface area contributed by atoms with E-state index in [1.165, 1.54) is 5.56 Å². The molecule has 0 atom stereocenters. The summed E-state index contributed by atoms with van der Waals surface area (Å²) in [4.78, 5) is 8.64. The van der Waals surface area contributed by atoms with E-state index in [2.05, 4.69) is 90.5 Å². The molecule has 0 bridgehead atoms. The molecular formula is C46H45FIrN2O-2. The zero-order valence-electron chi connectivity index (χ0n) is 34.6. The molecule has 0 fully saturated rings. The van der Waals surface area contributed by atoms with E-state index in [-0.39, 0.29) is 72.2 Å². The van der Waals surface area contributed by atoms with Crippen molar-refractivity contribution in [1.82, 2.24) is 9.97 Å². The Morgan fingerprint density at radius 2 is 1.43 bits per heavy atom. The SMILES string of the molecule is CC(C)(C)c1ccnc(-c2[c-]cc(C(C)(C)C)c3c2oc2c(-c4ccccc4)c(F)ccc23)c1.[2H]c1nc(-c2[c-]ccc(C(C)(C)C)c2)c([2H])c([2H])c1[2H].[Ir]. The van der Waals surface area contributed by atoms with Gasteiger partial charge >= 0.3 is 0 Å². The number of hydrogen-bond donors (Lipinski definition) is 0. The second-order valence-corrected chi connectivity index (χ2v) is 15.7. The first kappa shape index (κ1) is 32.5. The number of benzene rings is 4. The average Bonchev–Trinajstić information content (AvgIpc) is 3.50. The Hall–Kier alpha value is -4.44. The predicted octanol–water partition coefficient (Wildman–Crippen LogP) is 12.7. The summed E-state index contributed by atoms with van der Waals surface area (Å²) >= 11 is 0. The fraction of sp³-hybridized carbons (Fsp3) is 0.261. The summed E-state index contributed by atoms with van der Waals surface area (Å²) in [5.74, 6) is -0.298. The molecule has 0 aliphatic heterocycles. The van der Waals surface area contributed by atoms with Crippen LogP contribution < -0.4 is 0 Å². The van der Waals surface area contributed by atoms with E-state index >= 15 is 4.39 Å². The summed E-state index contributed by atoms with van der Waals surface area (Å²) in [5, 5.41) is 1.90. The summed E-state index contributed by atoms with van der Waals surface area (Å²) in [5.41, 5.74) is 8.12. The van der Waals surface area contributed by atoms with Crippen molar-refractivity contribution in [3.63, 3.8) is 0 Å². The van der Waals surface area contributed by atoms with Gasteiger partial charge in [-0.3, -0.25) is 0 Å². The summed E-state index contributed by atoms with van der Waals surface area (Å²) in [6.07, 6.45) is 1.56. The van der Waals surface area contributed by atoms with Crippen molar-refractivity contribution in [2.24, 2.45) is 0 Å². The maximum atomic E-state index is 15.2. The minimum absolute atomic E-state index is 0. The van der Waals surface area contributed by atoms with Gasteiger partial charge in [-0.1, -0.05) is 122 Å². The molecule has 51 heavy (non-hydrogen) atoms. The molecule has 3 aromatic heterocycles. The Balaban J connectivity index is 0.000000237. The number of furan rings is 1. The third-order valence-corrected chi connectivity index (χ3v) is 8.81. The van der Waals surface area contributed by atoms with E-state index in [1.54, 1.807) is 12.1 Å². The van der Waals surface area contributed by atoms with Crippen molar-refractivity contribution in [3.8, 4) is 33.6 Å². The van der Waals surface area contributed by atoms with E-state index in [4.69, 9.17) is 9.90 Å². The van der Waals surface area contributed by atoms with Gasteiger partial charge < -0.3 is 14.4 Å². The fourth-order valence-corrected chi connectivity index (χ4v) is 5.98. The first-order valence-corrected chi connectivity index (χ1v) is 16.9. The molecule has 4 aromatic carbocycles. The molecule has 0 unspecified atom stereocenters. The molecular weight excluding hydrogens is 808 g/mol. The molecule has 3 nitrogen and oxygen atoms in total. The maximum Gasteiger partial charge on any atom is 0.134 e. The van der Waals surface area contributed by atoms with Gasteiger partial charge in [-0.25, -0.2) is 4.39 Å². The van der Waals surface area contributed by atoms with Gasteiger partial charge in [0.15, 0.2) is 0 Å². The Bertz CT molecular complexity index is 2510. The van der Waals surface area contributed by atoms with Gasteiger partial charge in [0.1, 0.15) is 11.4 Å². The van der Waals surface area contributed by atoms with Crippen molar-refractivity contribution in [2.45, 2.75) is 78.6 Å². The second kappa shape index (κ2) is 14.7. The normalized spacial score (nSPS) is 13.1. The molecule has 0 saturated heterocycles. The molecule has 0 aliphatic carbocycles. The molecule has 5 heteroatoms. The number of nitrogens with zero attached hydrogens (tertiary/aromatic N) is 2. The second-order valence-electron chi connectivity index (χ2n) is 15.7. The summed E-state index contributed by atoms with van der Waals surface area (Å²) < 4.78 is 52.5. The zero-order valence-corrected chi connectivity index (χ0v) is 33.0. The molecule has 3 heterocycles. The van der Waals surface area contributed by atoms with Crippen molar-refractivity contribution in [1.29, 1.82) is 0 Å². The Morgan fingerprint density at radius 1 is 0.725 bits per heavy atom. The van der Waals surface area contributed by atoms with Crippen LogP contribution in [0.4, 0.5) is 4.39 Å². The summed E-state index contributed by atoms with van der Waals surface area (Å²) in [6, 6.07) is 30.5. The van der Waals surface area contributed by atoms with E-state index < -0.39 is 0 Å². The maximum absolute atomic E-state index is 15.2. The van der Waals surface area contributed by atoms with E-state index in [1.807, 2.05) is 66.9 Å². The molecule has 1 radical (unpaired) electrons. The van der Waals surface area contributed by atoms with Crippen molar-refractivity contribution in [2.75, 3.05) is 0 Å².